The molecule has 1 amide bonds. The highest BCUT2D eigenvalue weighted by atomic mass is 32.2. The highest BCUT2D eigenvalue weighted by Crippen LogP contribution is 2.06. The van der Waals surface area contributed by atoms with E-state index in [1.165, 1.54) is 25.0 Å². The summed E-state index contributed by atoms with van der Waals surface area (Å²) in [7, 11) is 0. The van der Waals surface area contributed by atoms with Crippen molar-refractivity contribution in [3.05, 3.63) is 23.9 Å². The summed E-state index contributed by atoms with van der Waals surface area (Å²) >= 11 is 1.89. The zero-order chi connectivity index (χ0) is 14.6. The molecule has 0 aliphatic carbocycles. The smallest absolute Gasteiger partial charge is 0.269 e. The molecule has 20 heavy (non-hydrogen) atoms. The lowest BCUT2D eigenvalue weighted by atomic mass is 10.2. The van der Waals surface area contributed by atoms with E-state index in [1.54, 1.807) is 6.07 Å². The maximum atomic E-state index is 11.9. The van der Waals surface area contributed by atoms with Crippen LogP contribution in [0.25, 0.3) is 0 Å². The van der Waals surface area contributed by atoms with Gasteiger partial charge in [-0.15, -0.1) is 0 Å². The van der Waals surface area contributed by atoms with Gasteiger partial charge in [-0.3, -0.25) is 4.79 Å². The molecule has 1 rings (SSSR count). The van der Waals surface area contributed by atoms with E-state index in [2.05, 4.69) is 21.9 Å². The van der Waals surface area contributed by atoms with Gasteiger partial charge in [-0.1, -0.05) is 18.9 Å². The van der Waals surface area contributed by atoms with Gasteiger partial charge in [0.05, 0.1) is 0 Å². The maximum absolute atomic E-state index is 11.9. The number of amides is 1. The summed E-state index contributed by atoms with van der Waals surface area (Å²) < 4.78 is 0. The molecule has 4 nitrogen and oxygen atoms in total. The lowest BCUT2D eigenvalue weighted by Crippen LogP contribution is -2.25. The van der Waals surface area contributed by atoms with Crippen LogP contribution in [0.3, 0.4) is 0 Å². The third-order valence-electron chi connectivity index (χ3n) is 2.90. The van der Waals surface area contributed by atoms with Crippen molar-refractivity contribution in [2.45, 2.75) is 32.6 Å². The summed E-state index contributed by atoms with van der Waals surface area (Å²) in [6.07, 6.45) is 6.85. The molecule has 0 saturated carbocycles. The average molecular weight is 295 g/mol. The van der Waals surface area contributed by atoms with Crippen molar-refractivity contribution < 1.29 is 4.79 Å². The Morgan fingerprint density at radius 3 is 2.80 bits per heavy atom. The molecule has 0 aliphatic heterocycles. The summed E-state index contributed by atoms with van der Waals surface area (Å²) in [5.74, 6) is 1.89. The number of nitrogens with zero attached hydrogens (tertiary/aromatic N) is 1. The minimum atomic E-state index is -0.0890. The molecule has 0 saturated heterocycles. The molecule has 0 aromatic carbocycles. The molecule has 0 atom stereocenters. The van der Waals surface area contributed by atoms with Crippen LogP contribution >= 0.6 is 11.8 Å². The molecule has 1 aromatic heterocycles. The Labute approximate surface area is 126 Å². The highest BCUT2D eigenvalue weighted by molar-refractivity contribution is 7.98. The number of hydrogen-bond acceptors (Lipinski definition) is 4. The van der Waals surface area contributed by atoms with E-state index in [4.69, 9.17) is 0 Å². The van der Waals surface area contributed by atoms with Crippen LogP contribution in [-0.4, -0.2) is 36.0 Å². The van der Waals surface area contributed by atoms with E-state index in [0.717, 1.165) is 25.3 Å². The molecule has 0 unspecified atom stereocenters. The van der Waals surface area contributed by atoms with Crippen LogP contribution in [-0.2, 0) is 0 Å². The Hall–Kier alpha value is -1.23. The number of unbranched alkanes of at least 4 members (excludes halogenated alkanes) is 3. The number of nitrogens with one attached hydrogen (secondary N) is 2. The van der Waals surface area contributed by atoms with Gasteiger partial charge < -0.3 is 10.6 Å². The van der Waals surface area contributed by atoms with Crippen LogP contribution < -0.4 is 10.6 Å². The first kappa shape index (κ1) is 16.8. The minimum absolute atomic E-state index is 0.0890. The van der Waals surface area contributed by atoms with Crippen LogP contribution in [0.15, 0.2) is 18.2 Å². The summed E-state index contributed by atoms with van der Waals surface area (Å²) in [6.45, 7) is 3.53. The molecule has 2 N–H and O–H groups in total. The van der Waals surface area contributed by atoms with E-state index in [0.29, 0.717) is 5.69 Å². The van der Waals surface area contributed by atoms with Crippen molar-refractivity contribution in [3.63, 3.8) is 0 Å². The van der Waals surface area contributed by atoms with Gasteiger partial charge in [-0.2, -0.15) is 11.8 Å². The molecule has 0 bridgehead atoms. The first-order valence-corrected chi connectivity index (χ1v) is 8.65. The Balaban J connectivity index is 2.23. The lowest BCUT2D eigenvalue weighted by Gasteiger charge is -2.07. The van der Waals surface area contributed by atoms with Crippen molar-refractivity contribution in [3.8, 4) is 0 Å². The largest absolute Gasteiger partial charge is 0.370 e. The topological polar surface area (TPSA) is 54.0 Å². The van der Waals surface area contributed by atoms with Gasteiger partial charge in [0, 0.05) is 13.1 Å². The summed E-state index contributed by atoms with van der Waals surface area (Å²) in [5, 5.41) is 6.03. The zero-order valence-electron chi connectivity index (χ0n) is 12.4. The second-order valence-corrected chi connectivity index (χ2v) is 5.59. The van der Waals surface area contributed by atoms with Gasteiger partial charge in [0.2, 0.25) is 0 Å². The fourth-order valence-electron chi connectivity index (χ4n) is 1.86. The third-order valence-corrected chi connectivity index (χ3v) is 3.60. The Morgan fingerprint density at radius 1 is 1.25 bits per heavy atom. The second-order valence-electron chi connectivity index (χ2n) is 4.60. The predicted octanol–water partition coefficient (Wildman–Crippen LogP) is 3.17. The van der Waals surface area contributed by atoms with Crippen molar-refractivity contribution in [1.82, 2.24) is 10.3 Å². The molecular formula is C15H25N3OS. The fourth-order valence-corrected chi connectivity index (χ4v) is 2.35. The lowest BCUT2D eigenvalue weighted by molar-refractivity contribution is 0.0948. The van der Waals surface area contributed by atoms with Gasteiger partial charge in [0.15, 0.2) is 0 Å². The van der Waals surface area contributed by atoms with Gasteiger partial charge in [0.1, 0.15) is 11.5 Å². The zero-order valence-corrected chi connectivity index (χ0v) is 13.3. The van der Waals surface area contributed by atoms with E-state index in [1.807, 2.05) is 30.8 Å². The number of hydrogen-bond donors (Lipinski definition) is 2. The first-order chi connectivity index (χ1) is 9.77. The molecule has 1 aromatic rings. The van der Waals surface area contributed by atoms with E-state index < -0.39 is 0 Å². The van der Waals surface area contributed by atoms with Crippen molar-refractivity contribution in [2.75, 3.05) is 30.4 Å². The van der Waals surface area contributed by atoms with Crippen LogP contribution in [0.5, 0.6) is 0 Å². The summed E-state index contributed by atoms with van der Waals surface area (Å²) in [6, 6.07) is 5.46. The molecule has 0 fully saturated rings. The van der Waals surface area contributed by atoms with Gasteiger partial charge in [0.25, 0.3) is 5.91 Å². The molecule has 112 valence electrons. The normalized spacial score (nSPS) is 10.3. The minimum Gasteiger partial charge on any atom is -0.370 e. The standard InChI is InChI=1S/C15H25N3OS/c1-3-16-14-10-8-9-13(18-14)15(19)17-11-6-4-5-7-12-20-2/h8-10H,3-7,11-12H2,1-2H3,(H,16,18)(H,17,19). The van der Waals surface area contributed by atoms with Crippen molar-refractivity contribution in [1.29, 1.82) is 0 Å². The second kappa shape index (κ2) is 10.5. The Morgan fingerprint density at radius 2 is 2.05 bits per heavy atom. The number of rotatable bonds is 10. The molecule has 0 aliphatic rings. The molecule has 5 heteroatoms. The van der Waals surface area contributed by atoms with Gasteiger partial charge in [-0.25, -0.2) is 4.98 Å². The quantitative estimate of drug-likeness (QED) is 0.651. The van der Waals surface area contributed by atoms with Gasteiger partial charge >= 0.3 is 0 Å². The highest BCUT2D eigenvalue weighted by Gasteiger charge is 2.06. The van der Waals surface area contributed by atoms with E-state index in [-0.39, 0.29) is 5.91 Å². The number of carbonyl (C=O) groups excluding carboxylic acids is 1. The predicted molar refractivity (Wildman–Crippen MR) is 87.6 cm³/mol. The average Bonchev–Trinajstić information content (AvgIpc) is 2.47. The van der Waals surface area contributed by atoms with Crippen LogP contribution in [0.1, 0.15) is 43.1 Å². The number of thioether (sulfide) groups is 1. The molecular weight excluding hydrogens is 270 g/mol. The Kier molecular flexibility index (Phi) is 8.87. The van der Waals surface area contributed by atoms with E-state index >= 15 is 0 Å². The van der Waals surface area contributed by atoms with Crippen LogP contribution in [0, 0.1) is 0 Å². The SMILES string of the molecule is CCNc1cccc(C(=O)NCCCCCCSC)n1. The number of carbonyl (C=O) groups is 1. The molecule has 1 heterocycles. The van der Waals surface area contributed by atoms with Crippen LogP contribution in [0.4, 0.5) is 5.82 Å². The number of anilines is 1. The van der Waals surface area contributed by atoms with E-state index in [9.17, 15) is 4.79 Å². The fraction of sp³-hybridized carbons (Fsp3) is 0.600. The maximum Gasteiger partial charge on any atom is 0.269 e. The van der Waals surface area contributed by atoms with Crippen molar-refractivity contribution >= 4 is 23.5 Å². The summed E-state index contributed by atoms with van der Waals surface area (Å²) in [5.41, 5.74) is 0.478. The molecule has 0 spiro atoms. The monoisotopic (exact) mass is 295 g/mol. The van der Waals surface area contributed by atoms with Crippen molar-refractivity contribution in [2.24, 2.45) is 0 Å². The summed E-state index contributed by atoms with van der Waals surface area (Å²) in [4.78, 5) is 16.2. The van der Waals surface area contributed by atoms with Crippen LogP contribution in [0.2, 0.25) is 0 Å². The third kappa shape index (κ3) is 6.80. The van der Waals surface area contributed by atoms with Gasteiger partial charge in [-0.05, 0) is 43.9 Å². The number of aromatic nitrogens is 1. The Bertz CT molecular complexity index is 398. The molecule has 0 radical (unpaired) electrons. The first-order valence-electron chi connectivity index (χ1n) is 7.26. The number of pyridine rings is 1.